The van der Waals surface area contributed by atoms with Gasteiger partial charge >= 0.3 is 0 Å². The highest BCUT2D eigenvalue weighted by molar-refractivity contribution is 5.85. The predicted octanol–water partition coefficient (Wildman–Crippen LogP) is 4.94. The van der Waals surface area contributed by atoms with Gasteiger partial charge in [0.2, 0.25) is 0 Å². The molecule has 2 aromatic carbocycles. The summed E-state index contributed by atoms with van der Waals surface area (Å²) < 4.78 is 1.15. The molecule has 0 saturated carbocycles. The number of nitrogens with zero attached hydrogens (tertiary/aromatic N) is 1. The van der Waals surface area contributed by atoms with E-state index in [9.17, 15) is 10.2 Å². The van der Waals surface area contributed by atoms with Gasteiger partial charge in [0.25, 0.3) is 0 Å². The third kappa shape index (κ3) is 3.37. The molecular formula is C24H30NO2+. The molecule has 0 aromatic heterocycles. The first-order valence-corrected chi connectivity index (χ1v) is 10.1. The largest absolute Gasteiger partial charge is 0.507 e. The Morgan fingerprint density at radius 2 is 1.33 bits per heavy atom. The molecule has 0 amide bonds. The molecule has 3 heteroatoms. The number of rotatable bonds is 3. The maximum atomic E-state index is 10.5. The topological polar surface area (TPSA) is 40.5 Å². The number of para-hydroxylation sites is 2. The zero-order valence-corrected chi connectivity index (χ0v) is 16.3. The van der Waals surface area contributed by atoms with Crippen molar-refractivity contribution in [1.82, 2.24) is 0 Å². The molecular weight excluding hydrogens is 334 g/mol. The van der Waals surface area contributed by atoms with Crippen LogP contribution in [0.2, 0.25) is 0 Å². The number of phenols is 2. The molecule has 2 heterocycles. The summed E-state index contributed by atoms with van der Waals surface area (Å²) in [6.45, 7) is 0. The summed E-state index contributed by atoms with van der Waals surface area (Å²) >= 11 is 0. The summed E-state index contributed by atoms with van der Waals surface area (Å²) in [4.78, 5) is 0. The molecule has 4 rings (SSSR count). The van der Waals surface area contributed by atoms with Crippen molar-refractivity contribution >= 4 is 5.57 Å². The van der Waals surface area contributed by atoms with Gasteiger partial charge in [0.15, 0.2) is 0 Å². The first kappa shape index (κ1) is 18.1. The average Bonchev–Trinajstić information content (AvgIpc) is 2.61. The molecule has 2 fully saturated rings. The maximum absolute atomic E-state index is 10.5. The van der Waals surface area contributed by atoms with Gasteiger partial charge in [-0.2, -0.15) is 0 Å². The van der Waals surface area contributed by atoms with E-state index in [0.29, 0.717) is 18.0 Å². The molecule has 0 spiro atoms. The van der Waals surface area contributed by atoms with Crippen LogP contribution in [0.3, 0.4) is 0 Å². The molecule has 1 unspecified atom stereocenters. The van der Waals surface area contributed by atoms with Crippen LogP contribution in [0.1, 0.15) is 43.2 Å². The highest BCUT2D eigenvalue weighted by atomic mass is 16.3. The molecule has 27 heavy (non-hydrogen) atoms. The Labute approximate surface area is 162 Å². The van der Waals surface area contributed by atoms with Crippen molar-refractivity contribution in [3.8, 4) is 11.5 Å². The minimum absolute atomic E-state index is 0.263. The van der Waals surface area contributed by atoms with Gasteiger partial charge in [0.05, 0.1) is 26.2 Å². The smallest absolute Gasteiger partial charge is 0.123 e. The standard InChI is InChI=1S/C24H29NO2/c1-25(2)18-8-7-9-19(25)15-17(14-18)16-22(20-10-3-5-12-23(20)26)21-11-4-6-13-24(21)27/h3-6,10-13,16-19H,7-9,14-15H2,1-2H3,(H-,26,27)/p+1/t17?,18-,19+. The molecule has 3 nitrogen and oxygen atoms in total. The van der Waals surface area contributed by atoms with Gasteiger partial charge in [0, 0.05) is 24.0 Å². The molecule has 2 aliphatic heterocycles. The summed E-state index contributed by atoms with van der Waals surface area (Å²) in [5.41, 5.74) is 2.54. The Morgan fingerprint density at radius 1 is 0.852 bits per heavy atom. The van der Waals surface area contributed by atoms with E-state index in [1.807, 2.05) is 36.4 Å². The van der Waals surface area contributed by atoms with Gasteiger partial charge in [-0.25, -0.2) is 0 Å². The fourth-order valence-electron chi connectivity index (χ4n) is 5.23. The Bertz CT molecular complexity index is 791. The molecule has 2 saturated heterocycles. The van der Waals surface area contributed by atoms with Crippen molar-refractivity contribution in [2.45, 2.75) is 44.2 Å². The molecule has 2 aliphatic rings. The van der Waals surface area contributed by atoms with Crippen LogP contribution >= 0.6 is 0 Å². The van der Waals surface area contributed by atoms with E-state index in [1.54, 1.807) is 12.1 Å². The predicted molar refractivity (Wildman–Crippen MR) is 110 cm³/mol. The summed E-state index contributed by atoms with van der Waals surface area (Å²) in [6.07, 6.45) is 8.61. The van der Waals surface area contributed by atoms with Crippen molar-refractivity contribution in [2.24, 2.45) is 5.92 Å². The summed E-state index contributed by atoms with van der Waals surface area (Å²) in [5, 5.41) is 21.0. The normalized spacial score (nSPS) is 26.4. The average molecular weight is 365 g/mol. The van der Waals surface area contributed by atoms with Crippen LogP contribution < -0.4 is 0 Å². The van der Waals surface area contributed by atoms with Crippen molar-refractivity contribution in [2.75, 3.05) is 14.1 Å². The monoisotopic (exact) mass is 364 g/mol. The number of piperidine rings is 2. The lowest BCUT2D eigenvalue weighted by atomic mass is 9.75. The van der Waals surface area contributed by atoms with Crippen molar-refractivity contribution in [3.63, 3.8) is 0 Å². The summed E-state index contributed by atoms with van der Waals surface area (Å²) in [5.74, 6) is 0.999. The number of hydrogen-bond acceptors (Lipinski definition) is 2. The van der Waals surface area contributed by atoms with E-state index in [-0.39, 0.29) is 11.5 Å². The zero-order chi connectivity index (χ0) is 19.0. The molecule has 0 radical (unpaired) electrons. The Morgan fingerprint density at radius 3 is 1.81 bits per heavy atom. The van der Waals surface area contributed by atoms with Crippen LogP contribution in [0.4, 0.5) is 0 Å². The number of quaternary nitrogens is 1. The van der Waals surface area contributed by atoms with Crippen LogP contribution in [0.25, 0.3) is 5.57 Å². The second kappa shape index (κ2) is 7.05. The van der Waals surface area contributed by atoms with Crippen molar-refractivity contribution in [3.05, 3.63) is 65.7 Å². The Balaban J connectivity index is 1.76. The lowest BCUT2D eigenvalue weighted by Crippen LogP contribution is -2.61. The van der Waals surface area contributed by atoms with Crippen LogP contribution in [0.5, 0.6) is 11.5 Å². The van der Waals surface area contributed by atoms with Crippen LogP contribution in [0.15, 0.2) is 54.6 Å². The summed E-state index contributed by atoms with van der Waals surface area (Å²) in [7, 11) is 4.78. The van der Waals surface area contributed by atoms with E-state index in [2.05, 4.69) is 20.2 Å². The van der Waals surface area contributed by atoms with Gasteiger partial charge in [-0.3, -0.25) is 0 Å². The molecule has 142 valence electrons. The fraction of sp³-hybridized carbons (Fsp3) is 0.417. The highest BCUT2D eigenvalue weighted by Crippen LogP contribution is 2.43. The van der Waals surface area contributed by atoms with Gasteiger partial charge in [0.1, 0.15) is 11.5 Å². The third-order valence-corrected chi connectivity index (χ3v) is 6.90. The molecule has 2 bridgehead atoms. The SMILES string of the molecule is C[N+]1(C)[C@@H]2CCC[C@H]1CC(C=C(c1ccccc1O)c1ccccc1O)C2. The van der Waals surface area contributed by atoms with E-state index in [4.69, 9.17) is 0 Å². The van der Waals surface area contributed by atoms with E-state index >= 15 is 0 Å². The molecule has 0 aliphatic carbocycles. The zero-order valence-electron chi connectivity index (χ0n) is 16.3. The van der Waals surface area contributed by atoms with E-state index < -0.39 is 0 Å². The number of aromatic hydroxyl groups is 2. The quantitative estimate of drug-likeness (QED) is 0.758. The van der Waals surface area contributed by atoms with Gasteiger partial charge in [-0.15, -0.1) is 0 Å². The van der Waals surface area contributed by atoms with Crippen LogP contribution in [-0.4, -0.2) is 40.9 Å². The van der Waals surface area contributed by atoms with Crippen molar-refractivity contribution < 1.29 is 14.7 Å². The fourth-order valence-corrected chi connectivity index (χ4v) is 5.23. The number of allylic oxidation sites excluding steroid dienone is 1. The van der Waals surface area contributed by atoms with E-state index in [1.165, 1.54) is 32.1 Å². The van der Waals surface area contributed by atoms with Crippen LogP contribution in [-0.2, 0) is 0 Å². The number of benzene rings is 2. The lowest BCUT2D eigenvalue weighted by molar-refractivity contribution is -0.950. The second-order valence-corrected chi connectivity index (χ2v) is 8.71. The first-order valence-electron chi connectivity index (χ1n) is 10.1. The third-order valence-electron chi connectivity index (χ3n) is 6.90. The van der Waals surface area contributed by atoms with Gasteiger partial charge in [-0.05, 0) is 42.9 Å². The first-order chi connectivity index (χ1) is 13.0. The van der Waals surface area contributed by atoms with Gasteiger partial charge in [-0.1, -0.05) is 42.5 Å². The number of fused-ring (bicyclic) bond motifs is 2. The Hall–Kier alpha value is -2.26. The minimum atomic E-state index is 0.263. The second-order valence-electron chi connectivity index (χ2n) is 8.71. The number of phenolic OH excluding ortho intramolecular Hbond substituents is 2. The molecule has 3 atom stereocenters. The maximum Gasteiger partial charge on any atom is 0.123 e. The molecule has 2 N–H and O–H groups in total. The lowest BCUT2D eigenvalue weighted by Gasteiger charge is -2.53. The minimum Gasteiger partial charge on any atom is -0.507 e. The Kier molecular flexibility index (Phi) is 4.73. The summed E-state index contributed by atoms with van der Waals surface area (Å²) in [6, 6.07) is 16.3. The van der Waals surface area contributed by atoms with Gasteiger partial charge < -0.3 is 14.7 Å². The highest BCUT2D eigenvalue weighted by Gasteiger charge is 2.45. The number of hydrogen-bond donors (Lipinski definition) is 2. The van der Waals surface area contributed by atoms with Crippen LogP contribution in [0, 0.1) is 5.92 Å². The molecule has 2 aromatic rings. The van der Waals surface area contributed by atoms with Crippen molar-refractivity contribution in [1.29, 1.82) is 0 Å². The van der Waals surface area contributed by atoms with E-state index in [0.717, 1.165) is 21.2 Å².